The largest absolute Gasteiger partial charge is 0.265 e. The molecule has 15 heavy (non-hydrogen) atoms. The van der Waals surface area contributed by atoms with Crippen LogP contribution in [0.5, 0.6) is 0 Å². The van der Waals surface area contributed by atoms with Gasteiger partial charge in [-0.3, -0.25) is 5.43 Å². The molecule has 82 valence electrons. The Morgan fingerprint density at radius 2 is 2.40 bits per heavy atom. The van der Waals surface area contributed by atoms with Crippen LogP contribution in [0.3, 0.4) is 0 Å². The molecule has 1 rings (SSSR count). The average molecular weight is 205 g/mol. The summed E-state index contributed by atoms with van der Waals surface area (Å²) in [5.41, 5.74) is 6.08. The van der Waals surface area contributed by atoms with E-state index in [1.54, 1.807) is 0 Å². The highest BCUT2D eigenvalue weighted by Gasteiger charge is 2.07. The van der Waals surface area contributed by atoms with Gasteiger partial charge in [-0.25, -0.2) is 4.99 Å². The first-order chi connectivity index (χ1) is 7.11. The zero-order valence-corrected chi connectivity index (χ0v) is 9.80. The molecule has 0 atom stereocenters. The minimum Gasteiger partial charge on any atom is -0.265 e. The molecule has 3 nitrogen and oxygen atoms in total. The molecule has 0 aromatic carbocycles. The van der Waals surface area contributed by atoms with Gasteiger partial charge in [-0.15, -0.1) is 0 Å². The first kappa shape index (κ1) is 11.7. The Morgan fingerprint density at radius 1 is 1.67 bits per heavy atom. The van der Waals surface area contributed by atoms with E-state index in [1.807, 2.05) is 13.0 Å². The highest BCUT2D eigenvalue weighted by Crippen LogP contribution is 2.09. The number of hydrogen-bond acceptors (Lipinski definition) is 2. The second-order valence-corrected chi connectivity index (χ2v) is 3.93. The van der Waals surface area contributed by atoms with Crippen molar-refractivity contribution in [1.29, 1.82) is 0 Å². The Balaban J connectivity index is 2.53. The third kappa shape index (κ3) is 4.11. The van der Waals surface area contributed by atoms with Crippen molar-refractivity contribution >= 4 is 11.5 Å². The summed E-state index contributed by atoms with van der Waals surface area (Å²) in [6.07, 6.45) is 5.10. The van der Waals surface area contributed by atoms with E-state index in [9.17, 15) is 0 Å². The number of aliphatic imine (C=N–C) groups is 1. The van der Waals surface area contributed by atoms with Crippen LogP contribution < -0.4 is 5.43 Å². The first-order valence-corrected chi connectivity index (χ1v) is 5.34. The van der Waals surface area contributed by atoms with Gasteiger partial charge in [-0.1, -0.05) is 25.5 Å². The van der Waals surface area contributed by atoms with Crippen LogP contribution in [0.15, 0.2) is 34.0 Å². The van der Waals surface area contributed by atoms with E-state index in [-0.39, 0.29) is 0 Å². The summed E-state index contributed by atoms with van der Waals surface area (Å²) in [6.45, 7) is 10.2. The van der Waals surface area contributed by atoms with Gasteiger partial charge in [0, 0.05) is 12.1 Å². The lowest BCUT2D eigenvalue weighted by Crippen LogP contribution is -2.10. The molecular formula is C12H19N3. The molecule has 1 aliphatic rings. The molecule has 0 saturated carbocycles. The van der Waals surface area contributed by atoms with Gasteiger partial charge < -0.3 is 0 Å². The number of hydrogen-bond donors (Lipinski definition) is 1. The molecule has 1 N–H and O–H groups in total. The number of allylic oxidation sites excluding steroid dienone is 2. The van der Waals surface area contributed by atoms with Crippen LogP contribution in [0.1, 0.15) is 40.0 Å². The van der Waals surface area contributed by atoms with Crippen LogP contribution in [0.2, 0.25) is 0 Å². The van der Waals surface area contributed by atoms with Gasteiger partial charge in [-0.05, 0) is 26.3 Å². The molecule has 0 amide bonds. The van der Waals surface area contributed by atoms with Gasteiger partial charge in [0.05, 0.1) is 5.70 Å². The summed E-state index contributed by atoms with van der Waals surface area (Å²) >= 11 is 0. The third-order valence-electron chi connectivity index (χ3n) is 2.14. The van der Waals surface area contributed by atoms with Crippen molar-refractivity contribution in [3.05, 3.63) is 23.9 Å². The van der Waals surface area contributed by atoms with Crippen molar-refractivity contribution < 1.29 is 0 Å². The summed E-state index contributed by atoms with van der Waals surface area (Å²) in [7, 11) is 0. The molecule has 0 aromatic rings. The standard InChI is InChI=1S/C12H19N3/c1-5-6-9(2)7-10(3)13-12-8-11(4)14-15-12/h7H,3,5-6,8H2,1-2,4H3,(H,13,15)/b9-7+. The van der Waals surface area contributed by atoms with Gasteiger partial charge >= 0.3 is 0 Å². The minimum absolute atomic E-state index is 0.799. The lowest BCUT2D eigenvalue weighted by molar-refractivity contribution is 0.903. The van der Waals surface area contributed by atoms with Crippen LogP contribution in [0.25, 0.3) is 0 Å². The van der Waals surface area contributed by atoms with Crippen molar-refractivity contribution in [3.63, 3.8) is 0 Å². The van der Waals surface area contributed by atoms with Gasteiger partial charge in [-0.2, -0.15) is 5.10 Å². The Hall–Kier alpha value is -1.38. The maximum atomic E-state index is 4.37. The summed E-state index contributed by atoms with van der Waals surface area (Å²) in [5.74, 6) is 0.887. The SMILES string of the molecule is C=C(/C=C(\C)CCC)N=C1CC(C)=NN1. The number of nitrogens with zero attached hydrogens (tertiary/aromatic N) is 2. The van der Waals surface area contributed by atoms with Crippen molar-refractivity contribution in [2.24, 2.45) is 10.1 Å². The molecule has 0 bridgehead atoms. The van der Waals surface area contributed by atoms with E-state index in [0.717, 1.165) is 36.5 Å². The predicted octanol–water partition coefficient (Wildman–Crippen LogP) is 3.01. The van der Waals surface area contributed by atoms with Crippen LogP contribution >= 0.6 is 0 Å². The van der Waals surface area contributed by atoms with Gasteiger partial charge in [0.1, 0.15) is 5.84 Å². The average Bonchev–Trinajstić information content (AvgIpc) is 2.51. The molecule has 0 radical (unpaired) electrons. The van der Waals surface area contributed by atoms with Crippen molar-refractivity contribution in [1.82, 2.24) is 5.43 Å². The van der Waals surface area contributed by atoms with E-state index in [2.05, 4.69) is 35.9 Å². The Labute approximate surface area is 91.7 Å². The third-order valence-corrected chi connectivity index (χ3v) is 2.14. The summed E-state index contributed by atoms with van der Waals surface area (Å²) < 4.78 is 0. The van der Waals surface area contributed by atoms with Crippen molar-refractivity contribution in [3.8, 4) is 0 Å². The van der Waals surface area contributed by atoms with Crippen molar-refractivity contribution in [2.75, 3.05) is 0 Å². The molecule has 0 unspecified atom stereocenters. The van der Waals surface area contributed by atoms with Crippen LogP contribution in [0, 0.1) is 0 Å². The van der Waals surface area contributed by atoms with E-state index in [4.69, 9.17) is 0 Å². The smallest absolute Gasteiger partial charge is 0.128 e. The second kappa shape index (κ2) is 5.49. The summed E-state index contributed by atoms with van der Waals surface area (Å²) in [4.78, 5) is 4.37. The molecule has 0 saturated heterocycles. The maximum Gasteiger partial charge on any atom is 0.128 e. The quantitative estimate of drug-likeness (QED) is 0.704. The number of nitrogens with one attached hydrogen (secondary N) is 1. The lowest BCUT2D eigenvalue weighted by atomic mass is 10.1. The molecule has 0 spiro atoms. The molecular weight excluding hydrogens is 186 g/mol. The fraction of sp³-hybridized carbons (Fsp3) is 0.500. The van der Waals surface area contributed by atoms with Gasteiger partial charge in [0.25, 0.3) is 0 Å². The highest BCUT2D eigenvalue weighted by atomic mass is 15.3. The zero-order chi connectivity index (χ0) is 11.3. The van der Waals surface area contributed by atoms with Crippen LogP contribution in [0.4, 0.5) is 0 Å². The Bertz CT molecular complexity index is 335. The Morgan fingerprint density at radius 3 is 2.93 bits per heavy atom. The van der Waals surface area contributed by atoms with Gasteiger partial charge in [0.2, 0.25) is 0 Å². The molecule has 3 heteroatoms. The second-order valence-electron chi connectivity index (χ2n) is 3.93. The summed E-state index contributed by atoms with van der Waals surface area (Å²) in [5, 5.41) is 4.06. The van der Waals surface area contributed by atoms with E-state index < -0.39 is 0 Å². The first-order valence-electron chi connectivity index (χ1n) is 5.34. The monoisotopic (exact) mass is 205 g/mol. The lowest BCUT2D eigenvalue weighted by Gasteiger charge is -1.99. The fourth-order valence-electron chi connectivity index (χ4n) is 1.50. The topological polar surface area (TPSA) is 36.8 Å². The van der Waals surface area contributed by atoms with E-state index in [0.29, 0.717) is 0 Å². The summed E-state index contributed by atoms with van der Waals surface area (Å²) in [6, 6.07) is 0. The number of amidine groups is 1. The predicted molar refractivity (Wildman–Crippen MR) is 66.1 cm³/mol. The van der Waals surface area contributed by atoms with E-state index in [1.165, 1.54) is 5.57 Å². The zero-order valence-electron chi connectivity index (χ0n) is 9.80. The highest BCUT2D eigenvalue weighted by molar-refractivity contribution is 6.06. The maximum absolute atomic E-state index is 4.37. The molecule has 0 fully saturated rings. The molecule has 1 heterocycles. The fourth-order valence-corrected chi connectivity index (χ4v) is 1.50. The Kier molecular flexibility index (Phi) is 4.28. The molecule has 0 aromatic heterocycles. The molecule has 0 aliphatic carbocycles. The van der Waals surface area contributed by atoms with Gasteiger partial charge in [0.15, 0.2) is 0 Å². The normalized spacial score (nSPS) is 19.0. The van der Waals surface area contributed by atoms with Crippen LogP contribution in [-0.4, -0.2) is 11.5 Å². The van der Waals surface area contributed by atoms with E-state index >= 15 is 0 Å². The molecule has 1 aliphatic heterocycles. The van der Waals surface area contributed by atoms with Crippen molar-refractivity contribution in [2.45, 2.75) is 40.0 Å². The van der Waals surface area contributed by atoms with Crippen LogP contribution in [-0.2, 0) is 0 Å². The minimum atomic E-state index is 0.799. The number of hydrazone groups is 1. The number of rotatable bonds is 4.